The molecule has 0 aromatic carbocycles. The zero-order valence-electron chi connectivity index (χ0n) is 6.57. The van der Waals surface area contributed by atoms with Crippen LogP contribution in [0.1, 0.15) is 20.3 Å². The Bertz CT molecular complexity index is 225. The van der Waals surface area contributed by atoms with Gasteiger partial charge in [-0.05, 0) is 32.1 Å². The first kappa shape index (κ1) is 8.82. The zero-order chi connectivity index (χ0) is 7.82. The van der Waals surface area contributed by atoms with E-state index in [1.807, 2.05) is 19.1 Å². The molecule has 0 heteroatoms. The lowest BCUT2D eigenvalue weighted by molar-refractivity contribution is 1.23. The second-order valence-electron chi connectivity index (χ2n) is 1.91. The Labute approximate surface area is 62.6 Å². The maximum absolute atomic E-state index is 3.41. The van der Waals surface area contributed by atoms with Gasteiger partial charge in [0.05, 0.1) is 0 Å². The molecule has 0 N–H and O–H groups in total. The molecule has 0 fully saturated rings. The van der Waals surface area contributed by atoms with E-state index in [2.05, 4.69) is 30.7 Å². The first-order valence-corrected chi connectivity index (χ1v) is 3.33. The molecule has 0 atom stereocenters. The highest BCUT2D eigenvalue weighted by atomic mass is 13.7. The minimum Gasteiger partial charge on any atom is -0.124 e. The van der Waals surface area contributed by atoms with Crippen LogP contribution >= 0.6 is 0 Å². The highest BCUT2D eigenvalue weighted by molar-refractivity contribution is 5.14. The summed E-state index contributed by atoms with van der Waals surface area (Å²) < 4.78 is 0. The van der Waals surface area contributed by atoms with E-state index in [1.165, 1.54) is 0 Å². The lowest BCUT2D eigenvalue weighted by Gasteiger charge is -1.75. The van der Waals surface area contributed by atoms with Gasteiger partial charge < -0.3 is 0 Å². The maximum atomic E-state index is 3.41. The molecule has 0 radical (unpaired) electrons. The molecular formula is C10H12. The van der Waals surface area contributed by atoms with Crippen molar-refractivity contribution in [3.05, 3.63) is 41.5 Å². The van der Waals surface area contributed by atoms with Crippen LogP contribution in [-0.2, 0) is 0 Å². The smallest absolute Gasteiger partial charge is 0.00694 e. The monoisotopic (exact) mass is 132 g/mol. The fraction of sp³-hybridized carbons (Fsp3) is 0.300. The predicted molar refractivity (Wildman–Crippen MR) is 44.8 cm³/mol. The van der Waals surface area contributed by atoms with Gasteiger partial charge in [-0.3, -0.25) is 0 Å². The molecule has 0 aromatic heterocycles. The first-order valence-electron chi connectivity index (χ1n) is 3.33. The molecule has 52 valence electrons. The van der Waals surface area contributed by atoms with Crippen LogP contribution in [0, 0.1) is 0 Å². The molecule has 0 rings (SSSR count). The Hall–Kier alpha value is -1.18. The Balaban J connectivity index is 4.30. The lowest BCUT2D eigenvalue weighted by Crippen LogP contribution is -1.57. The van der Waals surface area contributed by atoms with Gasteiger partial charge in [-0.1, -0.05) is 18.4 Å². The van der Waals surface area contributed by atoms with Crippen molar-refractivity contribution in [2.45, 2.75) is 20.3 Å². The summed E-state index contributed by atoms with van der Waals surface area (Å²) in [5.74, 6) is 0. The van der Waals surface area contributed by atoms with Crippen LogP contribution in [-0.4, -0.2) is 0 Å². The van der Waals surface area contributed by atoms with Gasteiger partial charge in [-0.15, -0.1) is 5.73 Å². The summed E-state index contributed by atoms with van der Waals surface area (Å²) in [7, 11) is 0. The van der Waals surface area contributed by atoms with Crippen LogP contribution < -0.4 is 0 Å². The van der Waals surface area contributed by atoms with Gasteiger partial charge in [0, 0.05) is 5.57 Å². The number of rotatable bonds is 2. The molecule has 0 unspecified atom stereocenters. The first-order chi connectivity index (χ1) is 4.81. The topological polar surface area (TPSA) is 0 Å². The van der Waals surface area contributed by atoms with Crippen molar-refractivity contribution < 1.29 is 0 Å². The van der Waals surface area contributed by atoms with Crippen molar-refractivity contribution in [3.63, 3.8) is 0 Å². The van der Waals surface area contributed by atoms with Crippen LogP contribution in [0.5, 0.6) is 0 Å². The molecule has 0 spiro atoms. The molecule has 0 bridgehead atoms. The average Bonchev–Trinajstić information content (AvgIpc) is 1.89. The minimum atomic E-state index is 1.000. The van der Waals surface area contributed by atoms with E-state index in [1.54, 1.807) is 0 Å². The number of hydrogen-bond acceptors (Lipinski definition) is 0. The third kappa shape index (κ3) is 4.97. The second kappa shape index (κ2) is 5.95. The molecular weight excluding hydrogens is 120 g/mol. The van der Waals surface area contributed by atoms with Crippen LogP contribution in [0.15, 0.2) is 41.5 Å². The highest BCUT2D eigenvalue weighted by Crippen LogP contribution is 1.88. The molecule has 0 amide bonds. The van der Waals surface area contributed by atoms with Crippen LogP contribution in [0.3, 0.4) is 0 Å². The van der Waals surface area contributed by atoms with Crippen LogP contribution in [0.25, 0.3) is 0 Å². The summed E-state index contributed by atoms with van der Waals surface area (Å²) in [4.78, 5) is 0. The van der Waals surface area contributed by atoms with E-state index in [0.717, 1.165) is 12.0 Å². The van der Waals surface area contributed by atoms with E-state index >= 15 is 0 Å². The predicted octanol–water partition coefficient (Wildman–Crippen LogP) is 2.99. The lowest BCUT2D eigenvalue weighted by atomic mass is 10.3. The van der Waals surface area contributed by atoms with E-state index in [0.29, 0.717) is 0 Å². The average molecular weight is 132 g/mol. The Kier molecular flexibility index (Phi) is 5.25. The Morgan fingerprint density at radius 1 is 1.60 bits per heavy atom. The molecule has 0 aliphatic carbocycles. The normalized spacial score (nSPS) is 6.60. The molecule has 10 heavy (non-hydrogen) atoms. The second-order valence-corrected chi connectivity index (χ2v) is 1.91. The van der Waals surface area contributed by atoms with Gasteiger partial charge in [0.2, 0.25) is 0 Å². The van der Waals surface area contributed by atoms with E-state index in [9.17, 15) is 0 Å². The molecule has 0 heterocycles. The summed E-state index contributed by atoms with van der Waals surface area (Å²) in [6.07, 6.45) is 4.84. The molecule has 0 aliphatic heterocycles. The van der Waals surface area contributed by atoms with Gasteiger partial charge in [0.15, 0.2) is 0 Å². The van der Waals surface area contributed by atoms with E-state index in [-0.39, 0.29) is 0 Å². The van der Waals surface area contributed by atoms with E-state index in [4.69, 9.17) is 0 Å². The quantitative estimate of drug-likeness (QED) is 0.400. The molecule has 0 aliphatic rings. The summed E-state index contributed by atoms with van der Waals surface area (Å²) >= 11 is 0. The number of hydrogen-bond donors (Lipinski definition) is 0. The van der Waals surface area contributed by atoms with Gasteiger partial charge >= 0.3 is 0 Å². The summed E-state index contributed by atoms with van der Waals surface area (Å²) in [5, 5.41) is 0. The van der Waals surface area contributed by atoms with Crippen LogP contribution in [0.2, 0.25) is 0 Å². The van der Waals surface area contributed by atoms with E-state index < -0.39 is 0 Å². The fourth-order valence-electron chi connectivity index (χ4n) is 0.477. The van der Waals surface area contributed by atoms with Crippen molar-refractivity contribution >= 4 is 0 Å². The van der Waals surface area contributed by atoms with Crippen molar-refractivity contribution in [1.29, 1.82) is 0 Å². The van der Waals surface area contributed by atoms with Gasteiger partial charge in [-0.25, -0.2) is 0 Å². The molecule has 0 saturated carbocycles. The molecule has 0 nitrogen and oxygen atoms in total. The van der Waals surface area contributed by atoms with Gasteiger partial charge in [0.25, 0.3) is 0 Å². The highest BCUT2D eigenvalue weighted by Gasteiger charge is 1.70. The standard InChI is InChI=1S/C10H12/c1-4-6-7-9-10(3)8-5-2/h6,9H,2,4H2,1,3H3. The van der Waals surface area contributed by atoms with Gasteiger partial charge in [-0.2, -0.15) is 0 Å². The molecule has 0 aromatic rings. The summed E-state index contributed by atoms with van der Waals surface area (Å²) in [6, 6.07) is 0. The minimum absolute atomic E-state index is 1.000. The third-order valence-corrected chi connectivity index (χ3v) is 0.907. The largest absolute Gasteiger partial charge is 0.124 e. The van der Waals surface area contributed by atoms with Crippen LogP contribution in [0.4, 0.5) is 0 Å². The third-order valence-electron chi connectivity index (χ3n) is 0.907. The Morgan fingerprint density at radius 2 is 2.30 bits per heavy atom. The Morgan fingerprint density at radius 3 is 2.80 bits per heavy atom. The summed E-state index contributed by atoms with van der Waals surface area (Å²) in [6.45, 7) is 7.43. The van der Waals surface area contributed by atoms with Crippen molar-refractivity contribution in [3.8, 4) is 0 Å². The van der Waals surface area contributed by atoms with Crippen molar-refractivity contribution in [2.24, 2.45) is 0 Å². The summed E-state index contributed by atoms with van der Waals surface area (Å²) in [5.41, 5.74) is 9.40. The van der Waals surface area contributed by atoms with Crippen molar-refractivity contribution in [1.82, 2.24) is 0 Å². The number of allylic oxidation sites excluding steroid dienone is 2. The zero-order valence-corrected chi connectivity index (χ0v) is 6.57. The van der Waals surface area contributed by atoms with Crippen molar-refractivity contribution in [2.75, 3.05) is 0 Å². The fourth-order valence-corrected chi connectivity index (χ4v) is 0.477. The maximum Gasteiger partial charge on any atom is 0.00694 e. The van der Waals surface area contributed by atoms with Gasteiger partial charge in [0.1, 0.15) is 0 Å². The SMILES string of the molecule is C=C=C=C(C)C=C=CCC. The molecule has 0 saturated heterocycles.